The summed E-state index contributed by atoms with van der Waals surface area (Å²) in [4.78, 5) is 31.9. The number of carbonyl (C=O) groups is 2. The normalized spacial score (nSPS) is 24.6. The Labute approximate surface area is 231 Å². The molecule has 2 atom stereocenters. The van der Waals surface area contributed by atoms with Crippen LogP contribution in [-0.2, 0) is 6.18 Å². The Bertz CT molecular complexity index is 1250. The number of rotatable bonds is 4. The summed E-state index contributed by atoms with van der Waals surface area (Å²) in [5.41, 5.74) is 1.13. The molecule has 0 radical (unpaired) electrons. The van der Waals surface area contributed by atoms with Crippen LogP contribution in [0.4, 0.5) is 18.0 Å². The van der Waals surface area contributed by atoms with E-state index in [1.54, 1.807) is 22.1 Å². The van der Waals surface area contributed by atoms with Crippen LogP contribution in [0, 0.1) is 0 Å². The number of hydrogen-bond acceptors (Lipinski definition) is 4. The number of β-amino-alcohol motifs (C(OH)–C–C–N with tert-alkyl or cyclic N) is 1. The highest BCUT2D eigenvalue weighted by molar-refractivity contribution is 5.95. The van der Waals surface area contributed by atoms with Crippen molar-refractivity contribution in [1.82, 2.24) is 24.5 Å². The third-order valence-electron chi connectivity index (χ3n) is 8.96. The first-order chi connectivity index (χ1) is 19.2. The molecule has 1 saturated carbocycles. The smallest absolute Gasteiger partial charge is 0.391 e. The molecular formula is C29H36F3N5O3. The molecule has 1 aliphatic carbocycles. The molecule has 3 aliphatic heterocycles. The van der Waals surface area contributed by atoms with Crippen LogP contribution in [0.15, 0.2) is 30.5 Å². The van der Waals surface area contributed by atoms with E-state index in [1.807, 2.05) is 9.58 Å². The third kappa shape index (κ3) is 5.32. The van der Waals surface area contributed by atoms with Gasteiger partial charge in [0.1, 0.15) is 0 Å². The van der Waals surface area contributed by atoms with Crippen LogP contribution in [0.2, 0.25) is 0 Å². The molecule has 4 aliphatic rings. The molecule has 1 aromatic carbocycles. The fraction of sp³-hybridized carbons (Fsp3) is 0.621. The number of halogens is 3. The third-order valence-corrected chi connectivity index (χ3v) is 8.96. The number of amides is 3. The number of nitrogens with zero attached hydrogens (tertiary/aromatic N) is 5. The molecular weight excluding hydrogens is 523 g/mol. The van der Waals surface area contributed by atoms with E-state index in [0.29, 0.717) is 44.7 Å². The number of urea groups is 1. The average Bonchev–Trinajstić information content (AvgIpc) is 3.49. The molecule has 6 rings (SSSR count). The molecule has 4 heterocycles. The van der Waals surface area contributed by atoms with Crippen LogP contribution in [0.5, 0.6) is 0 Å². The molecule has 11 heteroatoms. The minimum Gasteiger partial charge on any atom is -0.391 e. The SMILES string of the molecule is O=C(c1cnn(C2CCN(C(=O)N3CCC[C@@H](O)C3)CC2)c1C1CC1)N1CC[C@@H](c2ccccc2C(F)(F)F)C1. The second kappa shape index (κ2) is 10.7. The summed E-state index contributed by atoms with van der Waals surface area (Å²) in [5, 5.41) is 14.6. The molecule has 4 fully saturated rings. The molecule has 40 heavy (non-hydrogen) atoms. The lowest BCUT2D eigenvalue weighted by Gasteiger charge is -2.38. The van der Waals surface area contributed by atoms with E-state index in [4.69, 9.17) is 0 Å². The maximum atomic E-state index is 13.7. The minimum absolute atomic E-state index is 0.0216. The van der Waals surface area contributed by atoms with Crippen LogP contribution in [0.3, 0.4) is 0 Å². The summed E-state index contributed by atoms with van der Waals surface area (Å²) in [6.07, 6.45) is 2.23. The predicted octanol–water partition coefficient (Wildman–Crippen LogP) is 4.62. The second-order valence-corrected chi connectivity index (χ2v) is 11.7. The fourth-order valence-corrected chi connectivity index (χ4v) is 6.70. The second-order valence-electron chi connectivity index (χ2n) is 11.7. The van der Waals surface area contributed by atoms with Gasteiger partial charge < -0.3 is 19.8 Å². The topological polar surface area (TPSA) is 81.9 Å². The van der Waals surface area contributed by atoms with Crippen LogP contribution < -0.4 is 0 Å². The van der Waals surface area contributed by atoms with Gasteiger partial charge in [0.25, 0.3) is 5.91 Å². The number of benzene rings is 1. The number of aliphatic hydroxyl groups is 1. The van der Waals surface area contributed by atoms with Gasteiger partial charge in [0, 0.05) is 51.1 Å². The molecule has 2 aromatic rings. The maximum Gasteiger partial charge on any atom is 0.416 e. The monoisotopic (exact) mass is 559 g/mol. The highest BCUT2D eigenvalue weighted by atomic mass is 19.4. The Balaban J connectivity index is 1.13. The highest BCUT2D eigenvalue weighted by Crippen LogP contribution is 2.44. The van der Waals surface area contributed by atoms with Crippen molar-refractivity contribution in [3.05, 3.63) is 52.8 Å². The van der Waals surface area contributed by atoms with Gasteiger partial charge in [-0.3, -0.25) is 9.48 Å². The highest BCUT2D eigenvalue weighted by Gasteiger charge is 2.40. The summed E-state index contributed by atoms with van der Waals surface area (Å²) in [7, 11) is 0. The van der Waals surface area contributed by atoms with Crippen molar-refractivity contribution >= 4 is 11.9 Å². The van der Waals surface area contributed by atoms with Gasteiger partial charge in [-0.2, -0.15) is 18.3 Å². The molecule has 0 bridgehead atoms. The lowest BCUT2D eigenvalue weighted by atomic mass is 9.93. The summed E-state index contributed by atoms with van der Waals surface area (Å²) >= 11 is 0. The van der Waals surface area contributed by atoms with Gasteiger partial charge in [-0.1, -0.05) is 18.2 Å². The van der Waals surface area contributed by atoms with Crippen molar-refractivity contribution in [1.29, 1.82) is 0 Å². The van der Waals surface area contributed by atoms with Crippen molar-refractivity contribution < 1.29 is 27.9 Å². The first-order valence-electron chi connectivity index (χ1n) is 14.5. The number of carbonyl (C=O) groups excluding carboxylic acids is 2. The Morgan fingerprint density at radius 1 is 0.850 bits per heavy atom. The minimum atomic E-state index is -4.43. The summed E-state index contributed by atoms with van der Waals surface area (Å²) < 4.78 is 42.8. The predicted molar refractivity (Wildman–Crippen MR) is 141 cm³/mol. The van der Waals surface area contributed by atoms with Gasteiger partial charge in [0.2, 0.25) is 0 Å². The van der Waals surface area contributed by atoms with Gasteiger partial charge in [0.15, 0.2) is 0 Å². The van der Waals surface area contributed by atoms with Gasteiger partial charge in [-0.05, 0) is 56.6 Å². The van der Waals surface area contributed by atoms with Crippen LogP contribution in [-0.4, -0.2) is 86.9 Å². The summed E-state index contributed by atoms with van der Waals surface area (Å²) in [6.45, 7) is 2.91. The Morgan fingerprint density at radius 3 is 2.27 bits per heavy atom. The van der Waals surface area contributed by atoms with Crippen molar-refractivity contribution in [2.45, 2.75) is 75.1 Å². The van der Waals surface area contributed by atoms with Crippen molar-refractivity contribution in [2.75, 3.05) is 39.3 Å². The quantitative estimate of drug-likeness (QED) is 0.593. The molecule has 3 amide bonds. The Morgan fingerprint density at radius 2 is 1.57 bits per heavy atom. The summed E-state index contributed by atoms with van der Waals surface area (Å²) in [6, 6.07) is 5.73. The standard InChI is InChI=1S/C29H36F3N5O3/c30-29(31,32)25-6-2-1-5-23(25)20-9-13-35(17-20)27(39)24-16-33-37(26(24)19-7-8-19)21-10-14-34(15-11-21)28(40)36-12-3-4-22(38)18-36/h1-2,5-6,16,19-22,38H,3-4,7-15,17-18H2/t20-,22-/m1/s1. The van der Waals surface area contributed by atoms with Gasteiger partial charge in [-0.25, -0.2) is 4.79 Å². The molecule has 3 saturated heterocycles. The van der Waals surface area contributed by atoms with Crippen LogP contribution in [0.25, 0.3) is 0 Å². The number of aromatic nitrogens is 2. The van der Waals surface area contributed by atoms with E-state index in [-0.39, 0.29) is 41.9 Å². The van der Waals surface area contributed by atoms with Gasteiger partial charge in [0.05, 0.1) is 35.2 Å². The zero-order valence-corrected chi connectivity index (χ0v) is 22.5. The molecule has 1 N–H and O–H groups in total. The first-order valence-corrected chi connectivity index (χ1v) is 14.5. The van der Waals surface area contributed by atoms with E-state index in [9.17, 15) is 27.9 Å². The van der Waals surface area contributed by atoms with Crippen LogP contribution in [0.1, 0.15) is 90.0 Å². The number of likely N-dealkylation sites (tertiary alicyclic amines) is 3. The molecule has 0 unspecified atom stereocenters. The maximum absolute atomic E-state index is 13.7. The van der Waals surface area contributed by atoms with E-state index in [0.717, 1.165) is 50.3 Å². The first kappa shape index (κ1) is 27.1. The lowest BCUT2D eigenvalue weighted by molar-refractivity contribution is -0.138. The number of hydrogen-bond donors (Lipinski definition) is 1. The zero-order valence-electron chi connectivity index (χ0n) is 22.5. The fourth-order valence-electron chi connectivity index (χ4n) is 6.70. The van der Waals surface area contributed by atoms with Crippen molar-refractivity contribution in [2.24, 2.45) is 0 Å². The van der Waals surface area contributed by atoms with Gasteiger partial charge >= 0.3 is 12.2 Å². The number of aliphatic hydroxyl groups excluding tert-OH is 1. The lowest BCUT2D eigenvalue weighted by Crippen LogP contribution is -2.51. The molecule has 8 nitrogen and oxygen atoms in total. The summed E-state index contributed by atoms with van der Waals surface area (Å²) in [5.74, 6) is -0.249. The van der Waals surface area contributed by atoms with E-state index in [1.165, 1.54) is 12.1 Å². The Kier molecular flexibility index (Phi) is 7.27. The number of alkyl halides is 3. The average molecular weight is 560 g/mol. The molecule has 1 aromatic heterocycles. The van der Waals surface area contributed by atoms with E-state index in [2.05, 4.69) is 5.10 Å². The number of piperidine rings is 2. The van der Waals surface area contributed by atoms with E-state index >= 15 is 0 Å². The van der Waals surface area contributed by atoms with Crippen LogP contribution >= 0.6 is 0 Å². The molecule has 216 valence electrons. The zero-order chi connectivity index (χ0) is 28.0. The van der Waals surface area contributed by atoms with Crippen molar-refractivity contribution in [3.8, 4) is 0 Å². The largest absolute Gasteiger partial charge is 0.416 e. The van der Waals surface area contributed by atoms with E-state index < -0.39 is 17.8 Å². The molecule has 0 spiro atoms. The van der Waals surface area contributed by atoms with Gasteiger partial charge in [-0.15, -0.1) is 0 Å². The Hall–Kier alpha value is -3.08. The van der Waals surface area contributed by atoms with Crippen molar-refractivity contribution in [3.63, 3.8) is 0 Å².